The minimum Gasteiger partial charge on any atom is -0.341 e. The predicted octanol–water partition coefficient (Wildman–Crippen LogP) is 3.51. The zero-order chi connectivity index (χ0) is 11.7. The van der Waals surface area contributed by atoms with Gasteiger partial charge in [-0.05, 0) is 18.8 Å². The maximum Gasteiger partial charge on any atom is 0.228 e. The molecule has 0 radical (unpaired) electrons. The molecule has 0 N–H and O–H groups in total. The van der Waals surface area contributed by atoms with Crippen molar-refractivity contribution in [3.05, 3.63) is 15.9 Å². The summed E-state index contributed by atoms with van der Waals surface area (Å²) in [5.41, 5.74) is 0.839. The van der Waals surface area contributed by atoms with Crippen LogP contribution in [0.3, 0.4) is 0 Å². The number of aromatic nitrogens is 2. The van der Waals surface area contributed by atoms with E-state index < -0.39 is 0 Å². The molecule has 1 fully saturated rings. The van der Waals surface area contributed by atoms with E-state index in [0.717, 1.165) is 18.7 Å². The topological polar surface area (TPSA) is 29.0 Å². The molecule has 3 nitrogen and oxygen atoms in total. The molecule has 0 aromatic carbocycles. The van der Waals surface area contributed by atoms with Crippen molar-refractivity contribution in [1.29, 1.82) is 0 Å². The number of halogens is 2. The van der Waals surface area contributed by atoms with Gasteiger partial charge in [-0.1, -0.05) is 37.0 Å². The van der Waals surface area contributed by atoms with Crippen LogP contribution >= 0.6 is 23.2 Å². The molecule has 0 amide bonds. The zero-order valence-corrected chi connectivity index (χ0v) is 11.0. The normalized spacial score (nSPS) is 16.2. The average Bonchev–Trinajstić information content (AvgIpc) is 2.67. The fourth-order valence-corrected chi connectivity index (χ4v) is 2.76. The summed E-state index contributed by atoms with van der Waals surface area (Å²) in [6.45, 7) is 6.05. The van der Waals surface area contributed by atoms with Gasteiger partial charge < -0.3 is 4.90 Å². The van der Waals surface area contributed by atoms with Gasteiger partial charge in [-0.15, -0.1) is 0 Å². The lowest BCUT2D eigenvalue weighted by atomic mass is 10.1. The first kappa shape index (κ1) is 11.9. The Kier molecular flexibility index (Phi) is 3.55. The summed E-state index contributed by atoms with van der Waals surface area (Å²) in [5, 5.41) is 0.966. The van der Waals surface area contributed by atoms with Crippen LogP contribution in [-0.2, 0) is 0 Å². The van der Waals surface area contributed by atoms with Crippen LogP contribution in [0, 0.1) is 0 Å². The van der Waals surface area contributed by atoms with Gasteiger partial charge >= 0.3 is 0 Å². The summed E-state index contributed by atoms with van der Waals surface area (Å²) >= 11 is 12.3. The van der Waals surface area contributed by atoms with E-state index in [-0.39, 0.29) is 5.92 Å². The van der Waals surface area contributed by atoms with Gasteiger partial charge in [0.1, 0.15) is 10.3 Å². The largest absolute Gasteiger partial charge is 0.341 e. The second-order valence-corrected chi connectivity index (χ2v) is 5.08. The molecule has 0 saturated carbocycles. The molecule has 1 aromatic heterocycles. The van der Waals surface area contributed by atoms with Crippen LogP contribution in [0.2, 0.25) is 10.3 Å². The second-order valence-electron chi connectivity index (χ2n) is 4.37. The van der Waals surface area contributed by atoms with Gasteiger partial charge in [-0.3, -0.25) is 0 Å². The average molecular weight is 260 g/mol. The van der Waals surface area contributed by atoms with Gasteiger partial charge in [-0.2, -0.15) is 0 Å². The third-order valence-corrected chi connectivity index (χ3v) is 3.38. The minimum atomic E-state index is 0.243. The first-order chi connectivity index (χ1) is 7.59. The van der Waals surface area contributed by atoms with Crippen LogP contribution in [0.5, 0.6) is 0 Å². The van der Waals surface area contributed by atoms with E-state index in [4.69, 9.17) is 23.2 Å². The number of anilines is 1. The molecule has 1 saturated heterocycles. The van der Waals surface area contributed by atoms with Crippen molar-refractivity contribution in [2.75, 3.05) is 18.0 Å². The van der Waals surface area contributed by atoms with Crippen molar-refractivity contribution >= 4 is 29.2 Å². The SMILES string of the molecule is CC(C)c1c(Cl)nc(N2CCCC2)nc1Cl. The Hall–Kier alpha value is -0.540. The van der Waals surface area contributed by atoms with Gasteiger partial charge in [0, 0.05) is 18.7 Å². The van der Waals surface area contributed by atoms with E-state index in [9.17, 15) is 0 Å². The molecule has 0 unspecified atom stereocenters. The Morgan fingerprint density at radius 1 is 1.06 bits per heavy atom. The van der Waals surface area contributed by atoms with Crippen molar-refractivity contribution in [3.63, 3.8) is 0 Å². The van der Waals surface area contributed by atoms with Crippen LogP contribution < -0.4 is 4.90 Å². The first-order valence-corrected chi connectivity index (χ1v) is 6.33. The number of hydrogen-bond acceptors (Lipinski definition) is 3. The molecule has 1 aliphatic rings. The summed E-state index contributed by atoms with van der Waals surface area (Å²) in [6.07, 6.45) is 2.37. The molecule has 2 rings (SSSR count). The fraction of sp³-hybridized carbons (Fsp3) is 0.636. The highest BCUT2D eigenvalue weighted by atomic mass is 35.5. The maximum absolute atomic E-state index is 6.15. The first-order valence-electron chi connectivity index (χ1n) is 5.57. The van der Waals surface area contributed by atoms with Gasteiger partial charge in [0.15, 0.2) is 0 Å². The lowest BCUT2D eigenvalue weighted by Gasteiger charge is -2.17. The van der Waals surface area contributed by atoms with Gasteiger partial charge in [0.25, 0.3) is 0 Å². The van der Waals surface area contributed by atoms with Gasteiger partial charge in [0.2, 0.25) is 5.95 Å². The third-order valence-electron chi connectivity index (χ3n) is 2.81. The number of nitrogens with zero attached hydrogens (tertiary/aromatic N) is 3. The summed E-state index contributed by atoms with van der Waals surface area (Å²) in [5.74, 6) is 0.907. The molecule has 0 aliphatic carbocycles. The second kappa shape index (κ2) is 4.76. The predicted molar refractivity (Wildman–Crippen MR) is 67.6 cm³/mol. The van der Waals surface area contributed by atoms with Crippen LogP contribution in [-0.4, -0.2) is 23.1 Å². The highest BCUT2D eigenvalue weighted by molar-refractivity contribution is 6.34. The molecule has 0 atom stereocenters. The molecule has 16 heavy (non-hydrogen) atoms. The highest BCUT2D eigenvalue weighted by Crippen LogP contribution is 2.31. The molecular formula is C11H15Cl2N3. The summed E-state index contributed by atoms with van der Waals surface area (Å²) in [7, 11) is 0. The van der Waals surface area contributed by atoms with E-state index in [1.807, 2.05) is 13.8 Å². The van der Waals surface area contributed by atoms with Crippen molar-refractivity contribution in [3.8, 4) is 0 Å². The number of rotatable bonds is 2. The molecule has 88 valence electrons. The zero-order valence-electron chi connectivity index (χ0n) is 9.50. The fourth-order valence-electron chi connectivity index (χ4n) is 1.94. The smallest absolute Gasteiger partial charge is 0.228 e. The third kappa shape index (κ3) is 2.25. The van der Waals surface area contributed by atoms with E-state index >= 15 is 0 Å². The monoisotopic (exact) mass is 259 g/mol. The van der Waals surface area contributed by atoms with Crippen LogP contribution in [0.1, 0.15) is 38.2 Å². The minimum absolute atomic E-state index is 0.243. The Morgan fingerprint density at radius 3 is 2.00 bits per heavy atom. The molecule has 0 bridgehead atoms. The molecule has 1 aromatic rings. The van der Waals surface area contributed by atoms with Gasteiger partial charge in [-0.25, -0.2) is 9.97 Å². The summed E-state index contributed by atoms with van der Waals surface area (Å²) in [4.78, 5) is 10.8. The van der Waals surface area contributed by atoms with Crippen molar-refractivity contribution in [1.82, 2.24) is 9.97 Å². The highest BCUT2D eigenvalue weighted by Gasteiger charge is 2.20. The quantitative estimate of drug-likeness (QED) is 0.762. The standard InChI is InChI=1S/C11H15Cl2N3/c1-7(2)8-9(12)14-11(15-10(8)13)16-5-3-4-6-16/h7H,3-6H2,1-2H3. The van der Waals surface area contributed by atoms with Gasteiger partial charge in [0.05, 0.1) is 0 Å². The van der Waals surface area contributed by atoms with Crippen LogP contribution in [0.25, 0.3) is 0 Å². The van der Waals surface area contributed by atoms with E-state index in [2.05, 4.69) is 14.9 Å². The molecule has 0 spiro atoms. The summed E-state index contributed by atoms with van der Waals surface area (Å²) in [6, 6.07) is 0. The molecule has 2 heterocycles. The van der Waals surface area contributed by atoms with Crippen LogP contribution in [0.15, 0.2) is 0 Å². The summed E-state index contributed by atoms with van der Waals surface area (Å²) < 4.78 is 0. The van der Waals surface area contributed by atoms with Crippen molar-refractivity contribution in [2.24, 2.45) is 0 Å². The molecular weight excluding hydrogens is 245 g/mol. The molecule has 1 aliphatic heterocycles. The van der Waals surface area contributed by atoms with Crippen molar-refractivity contribution in [2.45, 2.75) is 32.6 Å². The Morgan fingerprint density at radius 2 is 1.56 bits per heavy atom. The van der Waals surface area contributed by atoms with E-state index in [1.54, 1.807) is 0 Å². The Balaban J connectivity index is 2.36. The number of hydrogen-bond donors (Lipinski definition) is 0. The maximum atomic E-state index is 6.15. The Labute approximate surface area is 106 Å². The van der Waals surface area contributed by atoms with E-state index in [0.29, 0.717) is 16.3 Å². The lowest BCUT2D eigenvalue weighted by Crippen LogP contribution is -2.21. The van der Waals surface area contributed by atoms with E-state index in [1.165, 1.54) is 12.8 Å². The molecule has 5 heteroatoms. The Bertz CT molecular complexity index is 364. The lowest BCUT2D eigenvalue weighted by molar-refractivity contribution is 0.829. The van der Waals surface area contributed by atoms with Crippen LogP contribution in [0.4, 0.5) is 5.95 Å². The van der Waals surface area contributed by atoms with Crippen molar-refractivity contribution < 1.29 is 0 Å².